The zero-order valence-corrected chi connectivity index (χ0v) is 16.2. The highest BCUT2D eigenvalue weighted by Crippen LogP contribution is 2.34. The highest BCUT2D eigenvalue weighted by atomic mass is 16.5. The van der Waals surface area contributed by atoms with Gasteiger partial charge in [-0.15, -0.1) is 10.2 Å². The van der Waals surface area contributed by atoms with E-state index < -0.39 is 0 Å². The van der Waals surface area contributed by atoms with E-state index in [1.165, 1.54) is 0 Å². The smallest absolute Gasteiger partial charge is 0.259 e. The summed E-state index contributed by atoms with van der Waals surface area (Å²) in [4.78, 5) is 16.9. The summed E-state index contributed by atoms with van der Waals surface area (Å²) in [5.74, 6) is 2.13. The molecule has 9 heteroatoms. The number of rotatable bonds is 3. The van der Waals surface area contributed by atoms with E-state index in [-0.39, 0.29) is 18.1 Å². The number of aliphatic hydroxyl groups is 1. The van der Waals surface area contributed by atoms with E-state index in [9.17, 15) is 9.90 Å². The Hall–Kier alpha value is -2.26. The number of carbonyl (C=O) groups excluding carboxylic acids is 1. The zero-order valence-electron chi connectivity index (χ0n) is 16.2. The first-order chi connectivity index (χ1) is 12.9. The second-order valence-corrected chi connectivity index (χ2v) is 7.75. The van der Waals surface area contributed by atoms with Gasteiger partial charge in [0.25, 0.3) is 5.91 Å². The lowest BCUT2D eigenvalue weighted by Crippen LogP contribution is -2.40. The summed E-state index contributed by atoms with van der Waals surface area (Å²) in [5, 5.41) is 22.8. The normalized spacial score (nSPS) is 23.3. The minimum absolute atomic E-state index is 0.0612. The highest BCUT2D eigenvalue weighted by molar-refractivity contribution is 5.96. The molecule has 1 amide bonds. The van der Waals surface area contributed by atoms with Crippen molar-refractivity contribution in [1.82, 2.24) is 29.7 Å². The lowest BCUT2D eigenvalue weighted by molar-refractivity contribution is 0.0701. The Labute approximate surface area is 157 Å². The molecule has 4 heterocycles. The van der Waals surface area contributed by atoms with Crippen molar-refractivity contribution in [3.8, 4) is 0 Å². The van der Waals surface area contributed by atoms with E-state index in [1.807, 2.05) is 0 Å². The lowest BCUT2D eigenvalue weighted by Gasteiger charge is -2.31. The number of aryl methyl sites for hydroxylation is 2. The molecule has 2 atom stereocenters. The molecule has 1 N–H and O–H groups in total. The van der Waals surface area contributed by atoms with Gasteiger partial charge in [0, 0.05) is 25.7 Å². The van der Waals surface area contributed by atoms with Crippen LogP contribution in [0.1, 0.15) is 59.8 Å². The number of amides is 1. The first-order valence-electron chi connectivity index (χ1n) is 9.44. The van der Waals surface area contributed by atoms with E-state index in [4.69, 9.17) is 4.52 Å². The fourth-order valence-corrected chi connectivity index (χ4v) is 4.21. The molecule has 0 radical (unpaired) electrons. The van der Waals surface area contributed by atoms with Crippen molar-refractivity contribution in [2.75, 3.05) is 13.1 Å². The summed E-state index contributed by atoms with van der Waals surface area (Å²) >= 11 is 0. The fraction of sp³-hybridized carbons (Fsp3) is 0.667. The van der Waals surface area contributed by atoms with Crippen LogP contribution in [-0.2, 0) is 13.1 Å². The standard InChI is InChI=1S/C18H26N6O3/c1-10(2)24-8-13(25)7-14(24)17-20-19-15-9-22(5-6-23(15)17)18(26)16-11(3)21-27-12(16)4/h10,13-14,25H,5-9H2,1-4H3/t13-,14-/m0/s1. The van der Waals surface area contributed by atoms with Crippen molar-refractivity contribution in [3.05, 3.63) is 28.7 Å². The number of fused-ring (bicyclic) bond motifs is 1. The summed E-state index contributed by atoms with van der Waals surface area (Å²) in [6.45, 7) is 10.1. The second kappa shape index (κ2) is 6.72. The maximum Gasteiger partial charge on any atom is 0.259 e. The quantitative estimate of drug-likeness (QED) is 0.857. The molecule has 2 aromatic heterocycles. The number of likely N-dealkylation sites (tertiary alicyclic amines) is 1. The van der Waals surface area contributed by atoms with E-state index in [0.717, 1.165) is 11.6 Å². The molecule has 146 valence electrons. The summed E-state index contributed by atoms with van der Waals surface area (Å²) in [6.07, 6.45) is 0.324. The van der Waals surface area contributed by atoms with Crippen LogP contribution >= 0.6 is 0 Å². The van der Waals surface area contributed by atoms with Crippen molar-refractivity contribution in [1.29, 1.82) is 0 Å². The predicted molar refractivity (Wildman–Crippen MR) is 95.9 cm³/mol. The van der Waals surface area contributed by atoms with Gasteiger partial charge in [-0.25, -0.2) is 0 Å². The summed E-state index contributed by atoms with van der Waals surface area (Å²) in [5.41, 5.74) is 1.14. The zero-order chi connectivity index (χ0) is 19.3. The third-order valence-electron chi connectivity index (χ3n) is 5.59. The number of aromatic nitrogens is 4. The van der Waals surface area contributed by atoms with Gasteiger partial charge in [0.15, 0.2) is 11.6 Å². The molecular weight excluding hydrogens is 348 g/mol. The monoisotopic (exact) mass is 374 g/mol. The van der Waals surface area contributed by atoms with Gasteiger partial charge in [0.1, 0.15) is 11.3 Å². The van der Waals surface area contributed by atoms with Crippen LogP contribution in [0.2, 0.25) is 0 Å². The Balaban J connectivity index is 1.57. The highest BCUT2D eigenvalue weighted by Gasteiger charge is 2.38. The second-order valence-electron chi connectivity index (χ2n) is 7.75. The number of carbonyl (C=O) groups is 1. The minimum Gasteiger partial charge on any atom is -0.392 e. The van der Waals surface area contributed by atoms with Crippen LogP contribution < -0.4 is 0 Å². The van der Waals surface area contributed by atoms with Crippen molar-refractivity contribution in [2.45, 2.75) is 65.4 Å². The summed E-state index contributed by atoms with van der Waals surface area (Å²) in [7, 11) is 0. The predicted octanol–water partition coefficient (Wildman–Crippen LogP) is 1.06. The molecule has 0 bridgehead atoms. The van der Waals surface area contributed by atoms with Gasteiger partial charge in [-0.1, -0.05) is 5.16 Å². The van der Waals surface area contributed by atoms with Crippen LogP contribution in [-0.4, -0.2) is 66.0 Å². The van der Waals surface area contributed by atoms with E-state index in [0.29, 0.717) is 55.7 Å². The molecule has 2 aromatic rings. The van der Waals surface area contributed by atoms with Crippen molar-refractivity contribution < 1.29 is 14.4 Å². The molecule has 9 nitrogen and oxygen atoms in total. The van der Waals surface area contributed by atoms with Gasteiger partial charge in [0.05, 0.1) is 24.4 Å². The Kier molecular flexibility index (Phi) is 4.51. The summed E-state index contributed by atoms with van der Waals surface area (Å²) in [6, 6.07) is 0.382. The van der Waals surface area contributed by atoms with Gasteiger partial charge in [-0.2, -0.15) is 0 Å². The van der Waals surface area contributed by atoms with Crippen molar-refractivity contribution >= 4 is 5.91 Å². The molecule has 1 saturated heterocycles. The van der Waals surface area contributed by atoms with E-state index >= 15 is 0 Å². The van der Waals surface area contributed by atoms with Gasteiger partial charge in [0.2, 0.25) is 0 Å². The van der Waals surface area contributed by atoms with Crippen LogP contribution in [0.4, 0.5) is 0 Å². The van der Waals surface area contributed by atoms with Gasteiger partial charge < -0.3 is 19.1 Å². The number of β-amino-alcohol motifs (C(OH)–C–C–N with tert-alkyl or cyclic N) is 1. The largest absolute Gasteiger partial charge is 0.392 e. The van der Waals surface area contributed by atoms with Crippen LogP contribution in [0.25, 0.3) is 0 Å². The maximum atomic E-state index is 12.9. The number of aliphatic hydroxyl groups excluding tert-OH is 1. The average molecular weight is 374 g/mol. The average Bonchev–Trinajstić information content (AvgIpc) is 3.30. The minimum atomic E-state index is -0.341. The first-order valence-corrected chi connectivity index (χ1v) is 9.44. The molecule has 4 rings (SSSR count). The van der Waals surface area contributed by atoms with Crippen LogP contribution in [0.3, 0.4) is 0 Å². The van der Waals surface area contributed by atoms with Crippen molar-refractivity contribution in [3.63, 3.8) is 0 Å². The Morgan fingerprint density at radius 3 is 2.70 bits per heavy atom. The molecule has 0 spiro atoms. The molecular formula is C18H26N6O3. The van der Waals surface area contributed by atoms with Crippen LogP contribution in [0, 0.1) is 13.8 Å². The topological polar surface area (TPSA) is 101 Å². The molecule has 2 aliphatic heterocycles. The van der Waals surface area contributed by atoms with Crippen LogP contribution in [0.15, 0.2) is 4.52 Å². The Morgan fingerprint density at radius 1 is 1.26 bits per heavy atom. The molecule has 2 aliphatic rings. The van der Waals surface area contributed by atoms with Gasteiger partial charge in [-0.05, 0) is 34.1 Å². The SMILES string of the molecule is Cc1noc(C)c1C(=O)N1CCn2c(nnc2[C@@H]2C[C@H](O)CN2C(C)C)C1. The number of hydrogen-bond acceptors (Lipinski definition) is 7. The third-order valence-corrected chi connectivity index (χ3v) is 5.59. The Bertz CT molecular complexity index is 838. The molecule has 1 fully saturated rings. The molecule has 0 saturated carbocycles. The van der Waals surface area contributed by atoms with Crippen LogP contribution in [0.5, 0.6) is 0 Å². The summed E-state index contributed by atoms with van der Waals surface area (Å²) < 4.78 is 7.24. The number of nitrogens with zero attached hydrogens (tertiary/aromatic N) is 6. The van der Waals surface area contributed by atoms with E-state index in [2.05, 4.69) is 38.7 Å². The molecule has 0 unspecified atom stereocenters. The van der Waals surface area contributed by atoms with Crippen molar-refractivity contribution in [2.24, 2.45) is 0 Å². The molecule has 0 aliphatic carbocycles. The maximum absolute atomic E-state index is 12.9. The Morgan fingerprint density at radius 2 is 2.04 bits per heavy atom. The molecule has 27 heavy (non-hydrogen) atoms. The van der Waals surface area contributed by atoms with E-state index in [1.54, 1.807) is 18.7 Å². The first kappa shape index (κ1) is 18.1. The van der Waals surface area contributed by atoms with Gasteiger partial charge >= 0.3 is 0 Å². The fourth-order valence-electron chi connectivity index (χ4n) is 4.21. The number of hydrogen-bond donors (Lipinski definition) is 1. The van der Waals surface area contributed by atoms with Gasteiger partial charge in [-0.3, -0.25) is 9.69 Å². The molecule has 0 aromatic carbocycles. The third kappa shape index (κ3) is 3.04. The lowest BCUT2D eigenvalue weighted by atomic mass is 10.1.